The minimum atomic E-state index is 0.545. The van der Waals surface area contributed by atoms with Crippen LogP contribution >= 0.6 is 0 Å². The standard InChI is InChI=1S/C21H20N2O/c1-3-9-18(10-4-1)15-22-23-16-20-13-7-8-14-21(20)24-17-19-11-5-2-6-12-19/h1-14,16,22H,15,17H2. The number of ether oxygens (including phenoxy) is 1. The van der Waals surface area contributed by atoms with E-state index in [0.29, 0.717) is 13.2 Å². The van der Waals surface area contributed by atoms with E-state index >= 15 is 0 Å². The average molecular weight is 316 g/mol. The first-order valence-electron chi connectivity index (χ1n) is 7.97. The van der Waals surface area contributed by atoms with Gasteiger partial charge < -0.3 is 10.2 Å². The topological polar surface area (TPSA) is 33.6 Å². The molecule has 24 heavy (non-hydrogen) atoms. The lowest BCUT2D eigenvalue weighted by molar-refractivity contribution is 0.306. The number of hydrogen-bond donors (Lipinski definition) is 1. The zero-order valence-corrected chi connectivity index (χ0v) is 13.4. The third kappa shape index (κ3) is 4.71. The number of rotatable bonds is 7. The van der Waals surface area contributed by atoms with E-state index in [1.807, 2.05) is 60.7 Å². The molecule has 0 amide bonds. The molecule has 0 heterocycles. The lowest BCUT2D eigenvalue weighted by atomic mass is 10.2. The molecule has 0 aromatic heterocycles. The van der Waals surface area contributed by atoms with E-state index in [1.165, 1.54) is 5.56 Å². The summed E-state index contributed by atoms with van der Waals surface area (Å²) in [7, 11) is 0. The Balaban J connectivity index is 1.58. The lowest BCUT2D eigenvalue weighted by Crippen LogP contribution is -2.06. The van der Waals surface area contributed by atoms with Crippen LogP contribution in [0.2, 0.25) is 0 Å². The molecule has 3 heteroatoms. The summed E-state index contributed by atoms with van der Waals surface area (Å²) in [5.41, 5.74) is 6.36. The van der Waals surface area contributed by atoms with E-state index in [2.05, 4.69) is 34.8 Å². The van der Waals surface area contributed by atoms with Crippen molar-refractivity contribution in [3.05, 3.63) is 102 Å². The molecule has 3 rings (SSSR count). The average Bonchev–Trinajstić information content (AvgIpc) is 2.66. The molecule has 1 N–H and O–H groups in total. The zero-order chi connectivity index (χ0) is 16.5. The summed E-state index contributed by atoms with van der Waals surface area (Å²) in [5, 5.41) is 4.30. The van der Waals surface area contributed by atoms with Crippen molar-refractivity contribution < 1.29 is 4.74 Å². The Bertz CT molecular complexity index is 770. The van der Waals surface area contributed by atoms with Gasteiger partial charge in [-0.3, -0.25) is 0 Å². The van der Waals surface area contributed by atoms with Gasteiger partial charge in [-0.05, 0) is 23.3 Å². The molecule has 0 spiro atoms. The van der Waals surface area contributed by atoms with Crippen molar-refractivity contribution in [2.24, 2.45) is 5.10 Å². The van der Waals surface area contributed by atoms with Crippen LogP contribution in [-0.4, -0.2) is 6.21 Å². The molecule has 0 atom stereocenters. The number of nitrogens with one attached hydrogen (secondary N) is 1. The molecule has 3 aromatic carbocycles. The van der Waals surface area contributed by atoms with Gasteiger partial charge in [0.2, 0.25) is 0 Å². The van der Waals surface area contributed by atoms with Gasteiger partial charge in [0.05, 0.1) is 12.8 Å². The van der Waals surface area contributed by atoms with Crippen LogP contribution in [0.25, 0.3) is 0 Å². The molecule has 3 nitrogen and oxygen atoms in total. The van der Waals surface area contributed by atoms with Crippen LogP contribution in [0.5, 0.6) is 5.75 Å². The van der Waals surface area contributed by atoms with Crippen LogP contribution < -0.4 is 10.2 Å². The molecule has 0 aliphatic carbocycles. The Hall–Kier alpha value is -3.07. The van der Waals surface area contributed by atoms with Crippen LogP contribution in [0.4, 0.5) is 0 Å². The molecular formula is C21H20N2O. The number of hydrogen-bond acceptors (Lipinski definition) is 3. The fourth-order valence-electron chi connectivity index (χ4n) is 2.30. The van der Waals surface area contributed by atoms with Crippen molar-refractivity contribution in [2.75, 3.05) is 0 Å². The first kappa shape index (κ1) is 15.8. The summed E-state index contributed by atoms with van der Waals surface area (Å²) in [6.45, 7) is 1.24. The van der Waals surface area contributed by atoms with Crippen molar-refractivity contribution in [3.63, 3.8) is 0 Å². The van der Waals surface area contributed by atoms with E-state index in [1.54, 1.807) is 6.21 Å². The molecule has 120 valence electrons. The fourth-order valence-corrected chi connectivity index (χ4v) is 2.30. The number of hydrazone groups is 1. The van der Waals surface area contributed by atoms with Gasteiger partial charge in [-0.25, -0.2) is 0 Å². The van der Waals surface area contributed by atoms with Crippen LogP contribution in [-0.2, 0) is 13.2 Å². The quantitative estimate of drug-likeness (QED) is 0.518. The second-order valence-electron chi connectivity index (χ2n) is 5.39. The smallest absolute Gasteiger partial charge is 0.128 e. The molecule has 3 aromatic rings. The summed E-state index contributed by atoms with van der Waals surface area (Å²) in [4.78, 5) is 0. The highest BCUT2D eigenvalue weighted by atomic mass is 16.5. The van der Waals surface area contributed by atoms with E-state index in [9.17, 15) is 0 Å². The van der Waals surface area contributed by atoms with Gasteiger partial charge in [0.1, 0.15) is 12.4 Å². The van der Waals surface area contributed by atoms with Crippen molar-refractivity contribution >= 4 is 6.21 Å². The molecule has 0 bridgehead atoms. The van der Waals surface area contributed by atoms with E-state index in [4.69, 9.17) is 4.74 Å². The summed E-state index contributed by atoms with van der Waals surface area (Å²) in [5.74, 6) is 0.826. The molecule has 0 unspecified atom stereocenters. The van der Waals surface area contributed by atoms with Gasteiger partial charge in [-0.1, -0.05) is 72.8 Å². The van der Waals surface area contributed by atoms with E-state index < -0.39 is 0 Å². The third-order valence-electron chi connectivity index (χ3n) is 3.58. The highest BCUT2D eigenvalue weighted by Crippen LogP contribution is 2.17. The highest BCUT2D eigenvalue weighted by molar-refractivity contribution is 5.83. The maximum absolute atomic E-state index is 5.92. The normalized spacial score (nSPS) is 10.7. The van der Waals surface area contributed by atoms with Crippen molar-refractivity contribution in [1.82, 2.24) is 5.43 Å². The second-order valence-corrected chi connectivity index (χ2v) is 5.39. The molecule has 0 fully saturated rings. The number of nitrogens with zero attached hydrogens (tertiary/aromatic N) is 1. The first-order chi connectivity index (χ1) is 11.9. The van der Waals surface area contributed by atoms with Crippen molar-refractivity contribution in [1.29, 1.82) is 0 Å². The lowest BCUT2D eigenvalue weighted by Gasteiger charge is -2.09. The molecule has 0 saturated heterocycles. The van der Waals surface area contributed by atoms with Gasteiger partial charge in [0.25, 0.3) is 0 Å². The van der Waals surface area contributed by atoms with E-state index in [-0.39, 0.29) is 0 Å². The Morgan fingerprint density at radius 1 is 0.750 bits per heavy atom. The monoisotopic (exact) mass is 316 g/mol. The Morgan fingerprint density at radius 3 is 2.12 bits per heavy atom. The highest BCUT2D eigenvalue weighted by Gasteiger charge is 2.01. The van der Waals surface area contributed by atoms with Gasteiger partial charge in [0.15, 0.2) is 0 Å². The van der Waals surface area contributed by atoms with E-state index in [0.717, 1.165) is 16.9 Å². The summed E-state index contributed by atoms with van der Waals surface area (Å²) < 4.78 is 5.92. The maximum atomic E-state index is 5.92. The SMILES string of the molecule is C(=NNCc1ccccc1)c1ccccc1OCc1ccccc1. The molecule has 0 saturated carbocycles. The van der Waals surface area contributed by atoms with Gasteiger partial charge in [-0.2, -0.15) is 5.10 Å². The first-order valence-corrected chi connectivity index (χ1v) is 7.97. The van der Waals surface area contributed by atoms with Crippen molar-refractivity contribution in [2.45, 2.75) is 13.2 Å². The Morgan fingerprint density at radius 2 is 1.38 bits per heavy atom. The Labute approximate surface area is 142 Å². The van der Waals surface area contributed by atoms with Gasteiger partial charge in [-0.15, -0.1) is 0 Å². The summed E-state index contributed by atoms with van der Waals surface area (Å²) >= 11 is 0. The molecule has 0 aliphatic heterocycles. The maximum Gasteiger partial charge on any atom is 0.128 e. The second kappa shape index (κ2) is 8.53. The van der Waals surface area contributed by atoms with Crippen LogP contribution in [0.1, 0.15) is 16.7 Å². The molecule has 0 radical (unpaired) electrons. The minimum Gasteiger partial charge on any atom is -0.488 e. The number of para-hydroxylation sites is 1. The Kier molecular flexibility index (Phi) is 5.62. The number of benzene rings is 3. The largest absolute Gasteiger partial charge is 0.488 e. The molecule has 0 aliphatic rings. The van der Waals surface area contributed by atoms with Crippen LogP contribution in [0, 0.1) is 0 Å². The predicted octanol–water partition coefficient (Wildman–Crippen LogP) is 4.39. The summed E-state index contributed by atoms with van der Waals surface area (Å²) in [6.07, 6.45) is 1.79. The van der Waals surface area contributed by atoms with Crippen LogP contribution in [0.3, 0.4) is 0 Å². The molecular weight excluding hydrogens is 296 g/mol. The summed E-state index contributed by atoms with van der Waals surface area (Å²) in [6, 6.07) is 28.2. The predicted molar refractivity (Wildman–Crippen MR) is 98.1 cm³/mol. The fraction of sp³-hybridized carbons (Fsp3) is 0.0952. The van der Waals surface area contributed by atoms with Crippen molar-refractivity contribution in [3.8, 4) is 5.75 Å². The van der Waals surface area contributed by atoms with Crippen LogP contribution in [0.15, 0.2) is 90.0 Å². The minimum absolute atomic E-state index is 0.545. The zero-order valence-electron chi connectivity index (χ0n) is 13.4. The van der Waals surface area contributed by atoms with Gasteiger partial charge >= 0.3 is 0 Å². The third-order valence-corrected chi connectivity index (χ3v) is 3.58. The van der Waals surface area contributed by atoms with Gasteiger partial charge in [0, 0.05) is 5.56 Å².